The predicted octanol–water partition coefficient (Wildman–Crippen LogP) is -9.20. The largest absolute Gasteiger partial charge is 1.00 e. The molecule has 12 heavy (non-hydrogen) atoms. The quantitative estimate of drug-likeness (QED) is 0.273. The van der Waals surface area contributed by atoms with E-state index in [4.69, 9.17) is 0 Å². The summed E-state index contributed by atoms with van der Waals surface area (Å²) in [4.78, 5) is 30.6. The summed E-state index contributed by atoms with van der Waals surface area (Å²) in [7, 11) is 0. The van der Waals surface area contributed by atoms with E-state index in [1.807, 2.05) is 0 Å². The molecular weight excluding hydrogens is 154 g/mol. The van der Waals surface area contributed by atoms with Crippen molar-refractivity contribution in [1.29, 1.82) is 0 Å². The Hall–Kier alpha value is -0.455. The monoisotopic (exact) mass is 154 g/mol. The molecule has 1 aromatic carbocycles. The van der Waals surface area contributed by atoms with Gasteiger partial charge in [-0.15, -0.1) is 0 Å². The summed E-state index contributed by atoms with van der Waals surface area (Å²) < 4.78 is 0. The smallest absolute Gasteiger partial charge is 0.870 e. The maximum absolute atomic E-state index is 10.2. The summed E-state index contributed by atoms with van der Waals surface area (Å²) in [5, 5.41) is 20.4. The van der Waals surface area contributed by atoms with Crippen LogP contribution in [-0.2, 0) is 0 Å². The third-order valence-electron chi connectivity index (χ3n) is 1.03. The van der Waals surface area contributed by atoms with Crippen LogP contribution in [0.2, 0.25) is 0 Å². The third kappa shape index (κ3) is 1.82. The molecule has 52 valence electrons. The van der Waals surface area contributed by atoms with Crippen LogP contribution >= 0.6 is 0 Å². The standard InChI is InChI=1S/C5H2O5.2Li/c6-1-2(7)4(9)5(10)3(1)8;;/h6-7H;;/q;2*+1/p-2. The minimum atomic E-state index is -1.52. The molecule has 0 radical (unpaired) electrons. The van der Waals surface area contributed by atoms with Gasteiger partial charge in [-0.1, -0.05) is 11.5 Å². The van der Waals surface area contributed by atoms with Gasteiger partial charge in [-0.3, -0.25) is 14.4 Å². The van der Waals surface area contributed by atoms with E-state index in [-0.39, 0.29) is 37.7 Å². The first-order valence-electron chi connectivity index (χ1n) is 2.27. The third-order valence-corrected chi connectivity index (χ3v) is 1.03. The summed E-state index contributed by atoms with van der Waals surface area (Å²) in [6.07, 6.45) is 0. The number of rotatable bonds is 0. The van der Waals surface area contributed by atoms with Crippen molar-refractivity contribution in [1.82, 2.24) is 0 Å². The van der Waals surface area contributed by atoms with Crippen molar-refractivity contribution in [3.8, 4) is 11.5 Å². The van der Waals surface area contributed by atoms with Crippen molar-refractivity contribution >= 4 is 0 Å². The summed E-state index contributed by atoms with van der Waals surface area (Å²) in [6, 6.07) is 0. The van der Waals surface area contributed by atoms with Gasteiger partial charge >= 0.3 is 37.7 Å². The molecule has 5 nitrogen and oxygen atoms in total. The molecule has 0 saturated carbocycles. The molecule has 1 aromatic rings. The zero-order valence-electron chi connectivity index (χ0n) is 6.54. The number of hydrogen-bond acceptors (Lipinski definition) is 5. The Kier molecular flexibility index (Phi) is 5.33. The summed E-state index contributed by atoms with van der Waals surface area (Å²) >= 11 is 0. The van der Waals surface area contributed by atoms with Crippen LogP contribution in [0.4, 0.5) is 0 Å². The van der Waals surface area contributed by atoms with E-state index in [0.717, 1.165) is 0 Å². The Morgan fingerprint density at radius 3 is 1.00 bits per heavy atom. The molecule has 0 spiro atoms. The zero-order chi connectivity index (χ0) is 7.89. The average Bonchev–Trinajstić information content (AvgIpc) is 2.07. The second-order valence-electron chi connectivity index (χ2n) is 1.65. The van der Waals surface area contributed by atoms with E-state index >= 15 is 0 Å². The average molecular weight is 154 g/mol. The maximum Gasteiger partial charge on any atom is 1.00 e. The Morgan fingerprint density at radius 2 is 0.917 bits per heavy atom. The maximum atomic E-state index is 10.2. The molecule has 0 atom stereocenters. The first-order valence-corrected chi connectivity index (χ1v) is 2.27. The van der Waals surface area contributed by atoms with Gasteiger partial charge in [-0.2, -0.15) is 0 Å². The summed E-state index contributed by atoms with van der Waals surface area (Å²) in [6.45, 7) is 0. The summed E-state index contributed by atoms with van der Waals surface area (Å²) in [5.41, 5.74) is -4.56. The second-order valence-corrected chi connectivity index (χ2v) is 1.65. The topological polar surface area (TPSA) is 97.3 Å². The van der Waals surface area contributed by atoms with Crippen molar-refractivity contribution in [3.63, 3.8) is 0 Å². The Balaban J connectivity index is 0. The van der Waals surface area contributed by atoms with Gasteiger partial charge in [0.15, 0.2) is 0 Å². The molecular formula is C5Li2O5. The minimum Gasteiger partial charge on any atom is -0.870 e. The van der Waals surface area contributed by atoms with Crippen molar-refractivity contribution in [2.75, 3.05) is 0 Å². The first-order chi connectivity index (χ1) is 4.55. The van der Waals surface area contributed by atoms with E-state index in [1.54, 1.807) is 0 Å². The predicted molar refractivity (Wildman–Crippen MR) is 26.5 cm³/mol. The van der Waals surface area contributed by atoms with E-state index < -0.39 is 27.8 Å². The fraction of sp³-hybridized carbons (Fsp3) is 0. The van der Waals surface area contributed by atoms with Gasteiger partial charge in [0.25, 0.3) is 5.43 Å². The Bertz CT molecular complexity index is 366. The van der Waals surface area contributed by atoms with Gasteiger partial charge in [-0.05, 0) is 0 Å². The van der Waals surface area contributed by atoms with E-state index in [0.29, 0.717) is 0 Å². The molecule has 0 N–H and O–H groups in total. The molecule has 0 aliphatic heterocycles. The Labute approximate surface area is 90.1 Å². The van der Waals surface area contributed by atoms with Crippen molar-refractivity contribution in [2.24, 2.45) is 0 Å². The van der Waals surface area contributed by atoms with Gasteiger partial charge < -0.3 is 10.2 Å². The molecule has 0 saturated heterocycles. The molecule has 0 aliphatic carbocycles. The van der Waals surface area contributed by atoms with Crippen LogP contribution in [0.5, 0.6) is 11.5 Å². The molecule has 7 heteroatoms. The molecule has 0 aromatic heterocycles. The van der Waals surface area contributed by atoms with E-state index in [2.05, 4.69) is 0 Å². The van der Waals surface area contributed by atoms with Crippen LogP contribution in [0.15, 0.2) is 14.4 Å². The van der Waals surface area contributed by atoms with Crippen LogP contribution in [0.25, 0.3) is 0 Å². The van der Waals surface area contributed by atoms with Crippen molar-refractivity contribution in [2.45, 2.75) is 0 Å². The molecule has 0 heterocycles. The second kappa shape index (κ2) is 4.54. The fourth-order valence-electron chi connectivity index (χ4n) is 0.516. The van der Waals surface area contributed by atoms with Gasteiger partial charge in [0, 0.05) is 0 Å². The number of hydrogen-bond donors (Lipinski definition) is 0. The molecule has 0 bridgehead atoms. The van der Waals surface area contributed by atoms with Crippen molar-refractivity contribution < 1.29 is 47.9 Å². The Morgan fingerprint density at radius 1 is 0.667 bits per heavy atom. The van der Waals surface area contributed by atoms with Crippen LogP contribution in [0.3, 0.4) is 0 Å². The normalized spacial score (nSPS) is 8.33. The van der Waals surface area contributed by atoms with E-state index in [9.17, 15) is 24.6 Å². The van der Waals surface area contributed by atoms with Crippen LogP contribution in [-0.4, -0.2) is 0 Å². The van der Waals surface area contributed by atoms with Gasteiger partial charge in [-0.25, -0.2) is 0 Å². The molecule has 0 amide bonds. The van der Waals surface area contributed by atoms with Crippen LogP contribution in [0.1, 0.15) is 0 Å². The fourth-order valence-corrected chi connectivity index (χ4v) is 0.516. The first kappa shape index (κ1) is 14.1. The molecule has 0 fully saturated rings. The van der Waals surface area contributed by atoms with Gasteiger partial charge in [0.05, 0.1) is 0 Å². The molecule has 0 aliphatic rings. The van der Waals surface area contributed by atoms with E-state index in [1.165, 1.54) is 0 Å². The zero-order valence-corrected chi connectivity index (χ0v) is 6.54. The molecule has 0 unspecified atom stereocenters. The minimum absolute atomic E-state index is 0. The SMILES string of the molecule is O=c1c([O-])c([O-])c(=O)c1=O.[Li+].[Li+]. The van der Waals surface area contributed by atoms with Crippen LogP contribution < -0.4 is 64.2 Å². The molecule has 1 rings (SSSR count). The van der Waals surface area contributed by atoms with Crippen molar-refractivity contribution in [3.05, 3.63) is 30.7 Å². The van der Waals surface area contributed by atoms with Gasteiger partial charge in [0.1, 0.15) is 0 Å². The van der Waals surface area contributed by atoms with Crippen LogP contribution in [0, 0.1) is 0 Å². The summed E-state index contributed by atoms with van der Waals surface area (Å²) in [5.74, 6) is -3.04. The van der Waals surface area contributed by atoms with Gasteiger partial charge in [0.2, 0.25) is 10.9 Å².